The van der Waals surface area contributed by atoms with Gasteiger partial charge < -0.3 is 5.32 Å². The molecule has 3 heteroatoms. The molecular formula is C13H16ClNO. The van der Waals surface area contributed by atoms with Crippen molar-refractivity contribution in [3.8, 4) is 0 Å². The van der Waals surface area contributed by atoms with Gasteiger partial charge in [0, 0.05) is 30.5 Å². The van der Waals surface area contributed by atoms with Crippen LogP contribution in [0.15, 0.2) is 24.3 Å². The van der Waals surface area contributed by atoms with Gasteiger partial charge in [0.05, 0.1) is 0 Å². The highest BCUT2D eigenvalue weighted by Crippen LogP contribution is 2.19. The van der Waals surface area contributed by atoms with Crippen LogP contribution in [0.3, 0.4) is 0 Å². The van der Waals surface area contributed by atoms with Crippen LogP contribution in [0.4, 0.5) is 0 Å². The Labute approximate surface area is 101 Å². The summed E-state index contributed by atoms with van der Waals surface area (Å²) in [6.07, 6.45) is 3.57. The molecule has 0 aromatic heterocycles. The quantitative estimate of drug-likeness (QED) is 0.824. The Morgan fingerprint density at radius 1 is 1.38 bits per heavy atom. The van der Waals surface area contributed by atoms with Crippen LogP contribution >= 0.6 is 11.6 Å². The molecule has 0 aliphatic heterocycles. The minimum atomic E-state index is 0.251. The Hall–Kier alpha value is -0.860. The minimum Gasteiger partial charge on any atom is -0.314 e. The van der Waals surface area contributed by atoms with Crippen LogP contribution in [0.25, 0.3) is 0 Å². The highest BCUT2D eigenvalue weighted by atomic mass is 35.5. The van der Waals surface area contributed by atoms with Gasteiger partial charge in [-0.1, -0.05) is 29.8 Å². The molecule has 1 aromatic rings. The van der Waals surface area contributed by atoms with Crippen LogP contribution in [-0.4, -0.2) is 18.4 Å². The number of ketones is 1. The average molecular weight is 238 g/mol. The van der Waals surface area contributed by atoms with E-state index in [4.69, 9.17) is 11.6 Å². The molecule has 0 amide bonds. The molecule has 86 valence electrons. The van der Waals surface area contributed by atoms with Gasteiger partial charge >= 0.3 is 0 Å². The fraction of sp³-hybridized carbons (Fsp3) is 0.462. The third-order valence-electron chi connectivity index (χ3n) is 2.76. The molecule has 1 aliphatic carbocycles. The van der Waals surface area contributed by atoms with Gasteiger partial charge in [0.1, 0.15) is 5.78 Å². The maximum absolute atomic E-state index is 11.7. The third kappa shape index (κ3) is 3.62. The second-order valence-corrected chi connectivity index (χ2v) is 4.69. The maximum Gasteiger partial charge on any atom is 0.138 e. The Bertz CT molecular complexity index is 374. The zero-order chi connectivity index (χ0) is 11.4. The van der Waals surface area contributed by atoms with E-state index >= 15 is 0 Å². The topological polar surface area (TPSA) is 29.1 Å². The predicted octanol–water partition coefficient (Wildman–Crippen LogP) is 2.59. The Morgan fingerprint density at radius 3 is 2.81 bits per heavy atom. The molecule has 1 saturated carbocycles. The van der Waals surface area contributed by atoms with Crippen LogP contribution in [0.1, 0.15) is 24.8 Å². The van der Waals surface area contributed by atoms with Crippen molar-refractivity contribution in [2.45, 2.75) is 31.7 Å². The summed E-state index contributed by atoms with van der Waals surface area (Å²) in [5.41, 5.74) is 0.931. The second-order valence-electron chi connectivity index (χ2n) is 4.29. The predicted molar refractivity (Wildman–Crippen MR) is 65.8 cm³/mol. The number of halogens is 1. The number of hydrogen-bond acceptors (Lipinski definition) is 2. The molecule has 1 aromatic carbocycles. The molecule has 0 heterocycles. The van der Waals surface area contributed by atoms with Crippen molar-refractivity contribution in [2.24, 2.45) is 0 Å². The molecule has 0 saturated heterocycles. The van der Waals surface area contributed by atoms with E-state index in [-0.39, 0.29) is 5.78 Å². The summed E-state index contributed by atoms with van der Waals surface area (Å²) < 4.78 is 0. The van der Waals surface area contributed by atoms with Crippen LogP contribution in [0, 0.1) is 0 Å². The molecule has 1 aliphatic rings. The zero-order valence-corrected chi connectivity index (χ0v) is 9.96. The monoisotopic (exact) mass is 237 g/mol. The maximum atomic E-state index is 11.7. The molecule has 2 nitrogen and oxygen atoms in total. The molecule has 1 fully saturated rings. The molecular weight excluding hydrogens is 222 g/mol. The number of nitrogens with one attached hydrogen (secondary N) is 1. The van der Waals surface area contributed by atoms with E-state index in [9.17, 15) is 4.79 Å². The normalized spacial score (nSPS) is 15.1. The first-order valence-electron chi connectivity index (χ1n) is 5.74. The number of carbonyl (C=O) groups is 1. The molecule has 2 rings (SSSR count). The summed E-state index contributed by atoms with van der Waals surface area (Å²) in [6, 6.07) is 8.20. The molecule has 0 bridgehead atoms. The lowest BCUT2D eigenvalue weighted by Gasteiger charge is -2.04. The fourth-order valence-electron chi connectivity index (χ4n) is 1.65. The third-order valence-corrected chi connectivity index (χ3v) is 3.13. The molecule has 0 unspecified atom stereocenters. The van der Waals surface area contributed by atoms with Crippen molar-refractivity contribution < 1.29 is 4.79 Å². The second kappa shape index (κ2) is 5.46. The van der Waals surface area contributed by atoms with Crippen LogP contribution < -0.4 is 5.32 Å². The van der Waals surface area contributed by atoms with E-state index in [1.165, 1.54) is 12.8 Å². The Balaban J connectivity index is 1.75. The SMILES string of the molecule is O=C(CCNC1CC1)Cc1ccccc1Cl. The summed E-state index contributed by atoms with van der Waals surface area (Å²) >= 11 is 5.99. The summed E-state index contributed by atoms with van der Waals surface area (Å²) in [5.74, 6) is 0.251. The van der Waals surface area contributed by atoms with Crippen LogP contribution in [0.5, 0.6) is 0 Å². The number of carbonyl (C=O) groups excluding carboxylic acids is 1. The van der Waals surface area contributed by atoms with Crippen molar-refractivity contribution in [1.29, 1.82) is 0 Å². The van der Waals surface area contributed by atoms with Crippen molar-refractivity contribution in [3.63, 3.8) is 0 Å². The lowest BCUT2D eigenvalue weighted by atomic mass is 10.1. The Morgan fingerprint density at radius 2 is 2.12 bits per heavy atom. The van der Waals surface area contributed by atoms with Gasteiger partial charge in [-0.3, -0.25) is 4.79 Å². The molecule has 0 atom stereocenters. The van der Waals surface area contributed by atoms with E-state index in [1.54, 1.807) is 0 Å². The Kier molecular flexibility index (Phi) is 3.97. The highest BCUT2D eigenvalue weighted by Gasteiger charge is 2.20. The first kappa shape index (κ1) is 11.6. The van der Waals surface area contributed by atoms with Gasteiger partial charge in [0.15, 0.2) is 0 Å². The first-order valence-corrected chi connectivity index (χ1v) is 6.12. The fourth-order valence-corrected chi connectivity index (χ4v) is 1.85. The molecule has 1 N–H and O–H groups in total. The van der Waals surface area contributed by atoms with Gasteiger partial charge in [0.25, 0.3) is 0 Å². The lowest BCUT2D eigenvalue weighted by Crippen LogP contribution is -2.20. The van der Waals surface area contributed by atoms with Crippen molar-refractivity contribution >= 4 is 17.4 Å². The standard InChI is InChI=1S/C13H16ClNO/c14-13-4-2-1-3-10(13)9-12(16)7-8-15-11-5-6-11/h1-4,11,15H,5-9H2. The number of benzene rings is 1. The van der Waals surface area contributed by atoms with Gasteiger partial charge in [-0.15, -0.1) is 0 Å². The van der Waals surface area contributed by atoms with Crippen molar-refractivity contribution in [1.82, 2.24) is 5.32 Å². The van der Waals surface area contributed by atoms with E-state index in [1.807, 2.05) is 24.3 Å². The van der Waals surface area contributed by atoms with E-state index < -0.39 is 0 Å². The van der Waals surface area contributed by atoms with Crippen LogP contribution in [-0.2, 0) is 11.2 Å². The summed E-state index contributed by atoms with van der Waals surface area (Å²) in [5, 5.41) is 4.02. The van der Waals surface area contributed by atoms with E-state index in [0.717, 1.165) is 12.1 Å². The largest absolute Gasteiger partial charge is 0.314 e. The van der Waals surface area contributed by atoms with Gasteiger partial charge in [-0.05, 0) is 24.5 Å². The number of rotatable bonds is 6. The van der Waals surface area contributed by atoms with Crippen LogP contribution in [0.2, 0.25) is 5.02 Å². The van der Waals surface area contributed by atoms with E-state index in [2.05, 4.69) is 5.32 Å². The lowest BCUT2D eigenvalue weighted by molar-refractivity contribution is -0.118. The van der Waals surface area contributed by atoms with Crippen molar-refractivity contribution in [2.75, 3.05) is 6.54 Å². The highest BCUT2D eigenvalue weighted by molar-refractivity contribution is 6.31. The van der Waals surface area contributed by atoms with E-state index in [0.29, 0.717) is 23.9 Å². The molecule has 0 radical (unpaired) electrons. The summed E-state index contributed by atoms with van der Waals surface area (Å²) in [7, 11) is 0. The molecule has 0 spiro atoms. The van der Waals surface area contributed by atoms with Crippen molar-refractivity contribution in [3.05, 3.63) is 34.9 Å². The summed E-state index contributed by atoms with van der Waals surface area (Å²) in [6.45, 7) is 0.800. The van der Waals surface area contributed by atoms with Gasteiger partial charge in [0.2, 0.25) is 0 Å². The summed E-state index contributed by atoms with van der Waals surface area (Å²) in [4.78, 5) is 11.7. The minimum absolute atomic E-state index is 0.251. The average Bonchev–Trinajstić information content (AvgIpc) is 3.05. The van der Waals surface area contributed by atoms with Gasteiger partial charge in [-0.25, -0.2) is 0 Å². The van der Waals surface area contributed by atoms with Gasteiger partial charge in [-0.2, -0.15) is 0 Å². The molecule has 16 heavy (non-hydrogen) atoms. The smallest absolute Gasteiger partial charge is 0.138 e. The first-order chi connectivity index (χ1) is 7.75. The number of Topliss-reactive ketones (excluding diaryl/α,β-unsaturated/α-hetero) is 1. The zero-order valence-electron chi connectivity index (χ0n) is 9.21. The number of hydrogen-bond donors (Lipinski definition) is 1.